The van der Waals surface area contributed by atoms with E-state index in [1.807, 2.05) is 24.3 Å². The number of nitrogens with one attached hydrogen (secondary N) is 2. The van der Waals surface area contributed by atoms with Gasteiger partial charge in [-0.25, -0.2) is 4.99 Å². The number of aliphatic imine (C=N–C) groups is 1. The van der Waals surface area contributed by atoms with Gasteiger partial charge in [-0.2, -0.15) is 0 Å². The standard InChI is InChI=1S/C22H36N4O/c1-4-23-22(24-16-18-10-8-6-5-7-9-11-18)25-17-19-12-14-20(15-13-19)21(27)26(2)3/h12-15,18H,4-11,16-17H2,1-3H3,(H2,23,24,25). The number of hydrogen-bond donors (Lipinski definition) is 2. The Kier molecular flexibility index (Phi) is 9.16. The second-order valence-corrected chi connectivity index (χ2v) is 7.68. The lowest BCUT2D eigenvalue weighted by Crippen LogP contribution is -2.40. The van der Waals surface area contributed by atoms with Gasteiger partial charge < -0.3 is 15.5 Å². The summed E-state index contributed by atoms with van der Waals surface area (Å²) in [5.74, 6) is 1.66. The van der Waals surface area contributed by atoms with E-state index in [4.69, 9.17) is 4.99 Å². The van der Waals surface area contributed by atoms with Gasteiger partial charge in [-0.05, 0) is 43.4 Å². The smallest absolute Gasteiger partial charge is 0.253 e. The fourth-order valence-corrected chi connectivity index (χ4v) is 3.51. The number of carbonyl (C=O) groups is 1. The van der Waals surface area contributed by atoms with Crippen molar-refractivity contribution in [2.45, 2.75) is 58.4 Å². The molecule has 5 heteroatoms. The molecule has 0 saturated heterocycles. The SMILES string of the molecule is CCNC(=NCc1ccc(C(=O)N(C)C)cc1)NCC1CCCCCCC1. The topological polar surface area (TPSA) is 56.7 Å². The molecule has 0 atom stereocenters. The van der Waals surface area contributed by atoms with Crippen molar-refractivity contribution >= 4 is 11.9 Å². The van der Waals surface area contributed by atoms with E-state index in [1.54, 1.807) is 19.0 Å². The van der Waals surface area contributed by atoms with Crippen LogP contribution in [0.15, 0.2) is 29.3 Å². The molecule has 0 unspecified atom stereocenters. The van der Waals surface area contributed by atoms with E-state index < -0.39 is 0 Å². The highest BCUT2D eigenvalue weighted by Gasteiger charge is 2.12. The summed E-state index contributed by atoms with van der Waals surface area (Å²) in [5, 5.41) is 6.87. The molecule has 1 aromatic rings. The van der Waals surface area contributed by atoms with Crippen LogP contribution in [0.3, 0.4) is 0 Å². The highest BCUT2D eigenvalue weighted by molar-refractivity contribution is 5.93. The molecule has 2 rings (SSSR count). The largest absolute Gasteiger partial charge is 0.357 e. The molecule has 0 aromatic heterocycles. The van der Waals surface area contributed by atoms with E-state index in [9.17, 15) is 4.79 Å². The normalized spacial score (nSPS) is 16.3. The highest BCUT2D eigenvalue weighted by Crippen LogP contribution is 2.21. The summed E-state index contributed by atoms with van der Waals surface area (Å²) in [6.07, 6.45) is 9.55. The van der Waals surface area contributed by atoms with Gasteiger partial charge in [-0.1, -0.05) is 44.2 Å². The number of amides is 1. The van der Waals surface area contributed by atoms with Crippen LogP contribution in [-0.4, -0.2) is 44.0 Å². The molecule has 27 heavy (non-hydrogen) atoms. The minimum Gasteiger partial charge on any atom is -0.357 e. The molecule has 1 amide bonds. The van der Waals surface area contributed by atoms with Crippen LogP contribution in [0.4, 0.5) is 0 Å². The molecular weight excluding hydrogens is 336 g/mol. The third-order valence-corrected chi connectivity index (χ3v) is 5.15. The van der Waals surface area contributed by atoms with Crippen molar-refractivity contribution in [2.24, 2.45) is 10.9 Å². The summed E-state index contributed by atoms with van der Waals surface area (Å²) in [6, 6.07) is 7.72. The Balaban J connectivity index is 1.89. The van der Waals surface area contributed by atoms with E-state index in [2.05, 4.69) is 17.6 Å². The molecule has 0 aliphatic heterocycles. The zero-order valence-corrected chi connectivity index (χ0v) is 17.3. The molecule has 1 aromatic carbocycles. The maximum absolute atomic E-state index is 12.0. The number of carbonyl (C=O) groups excluding carboxylic acids is 1. The van der Waals surface area contributed by atoms with Gasteiger partial charge in [0.15, 0.2) is 5.96 Å². The lowest BCUT2D eigenvalue weighted by atomic mass is 9.91. The van der Waals surface area contributed by atoms with Crippen LogP contribution in [0.25, 0.3) is 0 Å². The number of nitrogens with zero attached hydrogens (tertiary/aromatic N) is 2. The Morgan fingerprint density at radius 1 is 1.04 bits per heavy atom. The first-order valence-corrected chi connectivity index (χ1v) is 10.4. The highest BCUT2D eigenvalue weighted by atomic mass is 16.2. The molecule has 0 bridgehead atoms. The summed E-state index contributed by atoms with van der Waals surface area (Å²) < 4.78 is 0. The minimum atomic E-state index is 0.0271. The van der Waals surface area contributed by atoms with E-state index in [0.29, 0.717) is 12.1 Å². The van der Waals surface area contributed by atoms with Crippen LogP contribution >= 0.6 is 0 Å². The summed E-state index contributed by atoms with van der Waals surface area (Å²) in [5.41, 5.74) is 1.82. The molecule has 2 N–H and O–H groups in total. The van der Waals surface area contributed by atoms with Crippen molar-refractivity contribution in [2.75, 3.05) is 27.2 Å². The molecular formula is C22H36N4O. The Labute approximate surface area is 164 Å². The molecule has 0 heterocycles. The van der Waals surface area contributed by atoms with Crippen LogP contribution < -0.4 is 10.6 Å². The van der Waals surface area contributed by atoms with Crippen LogP contribution in [-0.2, 0) is 6.54 Å². The Hall–Kier alpha value is -2.04. The monoisotopic (exact) mass is 372 g/mol. The van der Waals surface area contributed by atoms with Gasteiger partial charge in [0.05, 0.1) is 6.54 Å². The van der Waals surface area contributed by atoms with Crippen molar-refractivity contribution < 1.29 is 4.79 Å². The van der Waals surface area contributed by atoms with Crippen LogP contribution in [0, 0.1) is 5.92 Å². The molecule has 5 nitrogen and oxygen atoms in total. The van der Waals surface area contributed by atoms with Crippen LogP contribution in [0.5, 0.6) is 0 Å². The van der Waals surface area contributed by atoms with Crippen molar-refractivity contribution in [3.05, 3.63) is 35.4 Å². The molecule has 150 valence electrons. The lowest BCUT2D eigenvalue weighted by Gasteiger charge is -2.21. The van der Waals surface area contributed by atoms with Gasteiger partial charge in [-0.15, -0.1) is 0 Å². The average molecular weight is 373 g/mol. The number of hydrogen-bond acceptors (Lipinski definition) is 2. The van der Waals surface area contributed by atoms with Crippen LogP contribution in [0.2, 0.25) is 0 Å². The first-order valence-electron chi connectivity index (χ1n) is 10.4. The molecule has 1 aliphatic carbocycles. The molecule has 0 spiro atoms. The molecule has 1 saturated carbocycles. The number of guanidine groups is 1. The van der Waals surface area contributed by atoms with Crippen molar-refractivity contribution in [1.29, 1.82) is 0 Å². The summed E-state index contributed by atoms with van der Waals surface area (Å²) >= 11 is 0. The Morgan fingerprint density at radius 3 is 2.26 bits per heavy atom. The zero-order chi connectivity index (χ0) is 19.5. The average Bonchev–Trinajstić information content (AvgIpc) is 2.64. The summed E-state index contributed by atoms with van der Waals surface area (Å²) in [4.78, 5) is 18.3. The Morgan fingerprint density at radius 2 is 1.67 bits per heavy atom. The molecule has 0 radical (unpaired) electrons. The van der Waals surface area contributed by atoms with Crippen molar-refractivity contribution in [1.82, 2.24) is 15.5 Å². The third kappa shape index (κ3) is 7.61. The van der Waals surface area contributed by atoms with E-state index in [-0.39, 0.29) is 5.91 Å². The number of benzene rings is 1. The second-order valence-electron chi connectivity index (χ2n) is 7.68. The number of rotatable bonds is 6. The van der Waals surface area contributed by atoms with Crippen LogP contribution in [0.1, 0.15) is 67.8 Å². The van der Waals surface area contributed by atoms with Gasteiger partial charge in [-0.3, -0.25) is 4.79 Å². The fraction of sp³-hybridized carbons (Fsp3) is 0.636. The van der Waals surface area contributed by atoms with Gasteiger partial charge in [0.1, 0.15) is 0 Å². The maximum Gasteiger partial charge on any atom is 0.253 e. The van der Waals surface area contributed by atoms with E-state index in [0.717, 1.165) is 30.5 Å². The minimum absolute atomic E-state index is 0.0271. The fourth-order valence-electron chi connectivity index (χ4n) is 3.51. The predicted octanol–water partition coefficient (Wildman–Crippen LogP) is 3.80. The summed E-state index contributed by atoms with van der Waals surface area (Å²) in [7, 11) is 3.54. The predicted molar refractivity (Wildman–Crippen MR) is 113 cm³/mol. The Bertz CT molecular complexity index is 587. The van der Waals surface area contributed by atoms with Crippen molar-refractivity contribution in [3.63, 3.8) is 0 Å². The van der Waals surface area contributed by atoms with Gasteiger partial charge in [0.2, 0.25) is 0 Å². The van der Waals surface area contributed by atoms with Gasteiger partial charge in [0, 0.05) is 32.7 Å². The summed E-state index contributed by atoms with van der Waals surface area (Å²) in [6.45, 7) is 4.56. The van der Waals surface area contributed by atoms with Gasteiger partial charge >= 0.3 is 0 Å². The third-order valence-electron chi connectivity index (χ3n) is 5.15. The van der Waals surface area contributed by atoms with Crippen molar-refractivity contribution in [3.8, 4) is 0 Å². The zero-order valence-electron chi connectivity index (χ0n) is 17.3. The lowest BCUT2D eigenvalue weighted by molar-refractivity contribution is 0.0827. The maximum atomic E-state index is 12.0. The second kappa shape index (κ2) is 11.6. The first-order chi connectivity index (χ1) is 13.1. The van der Waals surface area contributed by atoms with Gasteiger partial charge in [0.25, 0.3) is 5.91 Å². The quantitative estimate of drug-likeness (QED) is 0.590. The van der Waals surface area contributed by atoms with E-state index in [1.165, 1.54) is 44.9 Å². The first kappa shape index (κ1) is 21.3. The molecule has 1 aliphatic rings. The molecule has 1 fully saturated rings. The van der Waals surface area contributed by atoms with E-state index >= 15 is 0 Å².